The van der Waals surface area contributed by atoms with Crippen LogP contribution in [0.1, 0.15) is 104 Å². The van der Waals surface area contributed by atoms with E-state index in [1.807, 2.05) is 13.0 Å². The fraction of sp³-hybridized carbons (Fsp3) is 0.647. The number of likely N-dealkylation sites (tertiary alicyclic amines) is 1. The van der Waals surface area contributed by atoms with Gasteiger partial charge < -0.3 is 15.2 Å². The summed E-state index contributed by atoms with van der Waals surface area (Å²) in [5, 5.41) is 13.8. The Bertz CT molecular complexity index is 1270. The lowest BCUT2D eigenvalue weighted by atomic mass is 9.56. The minimum Gasteiger partial charge on any atom is -0.480 e. The SMILES string of the molecule is Cc1ccc(C2CCC3(CC2)CC(F)(F)C3)c([C@@H](C(=O)O)N2CC[C@@H](OCCCCc3ccc4c(n3)NCCC4)C2)c1. The van der Waals surface area contributed by atoms with Gasteiger partial charge in [-0.25, -0.2) is 13.8 Å². The number of benzene rings is 1. The van der Waals surface area contributed by atoms with Crippen LogP contribution in [0.4, 0.5) is 14.6 Å². The maximum atomic E-state index is 13.6. The van der Waals surface area contributed by atoms with Crippen molar-refractivity contribution in [2.75, 3.05) is 31.6 Å². The number of anilines is 1. The normalized spacial score (nSPS) is 24.1. The summed E-state index contributed by atoms with van der Waals surface area (Å²) in [6.45, 7) is 4.95. The number of aliphatic carboxylic acids is 1. The van der Waals surface area contributed by atoms with Crippen molar-refractivity contribution in [1.82, 2.24) is 9.88 Å². The van der Waals surface area contributed by atoms with Gasteiger partial charge in [0.2, 0.25) is 5.92 Å². The van der Waals surface area contributed by atoms with Crippen molar-refractivity contribution < 1.29 is 23.4 Å². The van der Waals surface area contributed by atoms with Crippen LogP contribution in [0, 0.1) is 12.3 Å². The number of hydrogen-bond donors (Lipinski definition) is 2. The largest absolute Gasteiger partial charge is 0.480 e. The smallest absolute Gasteiger partial charge is 0.325 e. The zero-order valence-corrected chi connectivity index (χ0v) is 24.8. The lowest BCUT2D eigenvalue weighted by molar-refractivity contribution is -0.173. The Morgan fingerprint density at radius 3 is 2.74 bits per heavy atom. The van der Waals surface area contributed by atoms with Crippen LogP contribution >= 0.6 is 0 Å². The molecule has 2 atom stereocenters. The number of fused-ring (bicyclic) bond motifs is 1. The predicted octanol–water partition coefficient (Wildman–Crippen LogP) is 7.06. The van der Waals surface area contributed by atoms with E-state index in [1.165, 1.54) is 5.56 Å². The third-order valence-corrected chi connectivity index (χ3v) is 10.2. The Labute approximate surface area is 248 Å². The molecule has 6 nitrogen and oxygen atoms in total. The molecule has 1 aromatic carbocycles. The van der Waals surface area contributed by atoms with E-state index < -0.39 is 17.9 Å². The molecular formula is C34H45F2N3O3. The molecule has 2 N–H and O–H groups in total. The molecule has 2 aromatic rings. The Balaban J connectivity index is 1.02. The van der Waals surface area contributed by atoms with Gasteiger partial charge in [-0.3, -0.25) is 9.69 Å². The quantitative estimate of drug-likeness (QED) is 0.293. The van der Waals surface area contributed by atoms with E-state index in [2.05, 4.69) is 34.5 Å². The zero-order valence-electron chi connectivity index (χ0n) is 24.8. The van der Waals surface area contributed by atoms with E-state index in [4.69, 9.17) is 9.72 Å². The molecule has 0 radical (unpaired) electrons. The van der Waals surface area contributed by atoms with Crippen LogP contribution in [0.15, 0.2) is 30.3 Å². The van der Waals surface area contributed by atoms with Gasteiger partial charge in [0.25, 0.3) is 0 Å². The first-order valence-corrected chi connectivity index (χ1v) is 16.0. The van der Waals surface area contributed by atoms with Crippen molar-refractivity contribution in [3.05, 3.63) is 58.3 Å². The van der Waals surface area contributed by atoms with Crippen LogP contribution in [0.3, 0.4) is 0 Å². The standard InChI is InChI=1S/C34H45F2N3O3/c1-23-7-10-28(24-11-14-33(15-12-24)21-34(35,36)22-33)29(19-23)30(32(40)41)39-17-13-27(20-39)42-18-3-2-6-26-9-8-25-5-4-16-37-31(25)38-26/h7-10,19,24,27,30H,2-6,11-18,20-22H2,1H3,(H,37,38)(H,40,41)/t27-,30+/m1/s1. The van der Waals surface area contributed by atoms with Gasteiger partial charge in [0.15, 0.2) is 0 Å². The molecule has 42 heavy (non-hydrogen) atoms. The van der Waals surface area contributed by atoms with E-state index in [9.17, 15) is 18.7 Å². The molecule has 3 fully saturated rings. The summed E-state index contributed by atoms with van der Waals surface area (Å²) in [4.78, 5) is 19.6. The number of aryl methyl sites for hydroxylation is 3. The van der Waals surface area contributed by atoms with Gasteiger partial charge in [-0.1, -0.05) is 29.8 Å². The lowest BCUT2D eigenvalue weighted by Gasteiger charge is -2.51. The lowest BCUT2D eigenvalue weighted by Crippen LogP contribution is -2.47. The number of nitrogens with one attached hydrogen (secondary N) is 1. The van der Waals surface area contributed by atoms with Crippen molar-refractivity contribution >= 4 is 11.8 Å². The molecule has 4 aliphatic rings. The molecule has 0 amide bonds. The van der Waals surface area contributed by atoms with Crippen molar-refractivity contribution in [3.63, 3.8) is 0 Å². The third kappa shape index (κ3) is 6.49. The molecule has 0 bridgehead atoms. The summed E-state index contributed by atoms with van der Waals surface area (Å²) in [6, 6.07) is 9.81. The fourth-order valence-corrected chi connectivity index (χ4v) is 8.02. The number of carbonyl (C=O) groups is 1. The second-order valence-corrected chi connectivity index (χ2v) is 13.4. The van der Waals surface area contributed by atoms with E-state index >= 15 is 0 Å². The maximum absolute atomic E-state index is 13.6. The molecule has 2 saturated carbocycles. The molecule has 6 rings (SSSR count). The number of hydrogen-bond acceptors (Lipinski definition) is 5. The first-order chi connectivity index (χ1) is 20.2. The molecule has 3 heterocycles. The van der Waals surface area contributed by atoms with E-state index in [0.29, 0.717) is 19.7 Å². The highest BCUT2D eigenvalue weighted by atomic mass is 19.3. The van der Waals surface area contributed by atoms with Crippen LogP contribution < -0.4 is 5.32 Å². The fourth-order valence-electron chi connectivity index (χ4n) is 8.02. The highest BCUT2D eigenvalue weighted by molar-refractivity contribution is 5.76. The number of carboxylic acid groups (broad SMARTS) is 1. The molecule has 0 unspecified atom stereocenters. The van der Waals surface area contributed by atoms with Crippen LogP contribution in [-0.4, -0.2) is 59.2 Å². The Morgan fingerprint density at radius 1 is 1.17 bits per heavy atom. The number of nitrogens with zero attached hydrogens (tertiary/aromatic N) is 2. The van der Waals surface area contributed by atoms with Gasteiger partial charge in [0, 0.05) is 44.8 Å². The third-order valence-electron chi connectivity index (χ3n) is 10.2. The van der Waals surface area contributed by atoms with Gasteiger partial charge >= 0.3 is 5.97 Å². The summed E-state index contributed by atoms with van der Waals surface area (Å²) in [6.07, 6.45) is 9.33. The number of halogens is 2. The Hall–Kier alpha value is -2.58. The first-order valence-electron chi connectivity index (χ1n) is 16.0. The molecule has 228 valence electrons. The summed E-state index contributed by atoms with van der Waals surface area (Å²) in [7, 11) is 0. The average molecular weight is 582 g/mol. The minimum atomic E-state index is -2.50. The summed E-state index contributed by atoms with van der Waals surface area (Å²) >= 11 is 0. The van der Waals surface area contributed by atoms with Crippen LogP contribution in [0.2, 0.25) is 0 Å². The Kier molecular flexibility index (Phi) is 8.56. The number of rotatable bonds is 10. The molecule has 1 aromatic heterocycles. The van der Waals surface area contributed by atoms with Gasteiger partial charge in [-0.05, 0) is 105 Å². The number of unbranched alkanes of at least 4 members (excludes halogenated alkanes) is 1. The number of carboxylic acids is 1. The Morgan fingerprint density at radius 2 is 1.98 bits per heavy atom. The summed E-state index contributed by atoms with van der Waals surface area (Å²) in [5.74, 6) is -2.07. The van der Waals surface area contributed by atoms with Gasteiger partial charge in [-0.2, -0.15) is 0 Å². The topological polar surface area (TPSA) is 74.7 Å². The summed E-state index contributed by atoms with van der Waals surface area (Å²) in [5.41, 5.74) is 5.23. The van der Waals surface area contributed by atoms with Crippen molar-refractivity contribution in [3.8, 4) is 0 Å². The van der Waals surface area contributed by atoms with E-state index in [-0.39, 0.29) is 30.3 Å². The van der Waals surface area contributed by atoms with E-state index in [0.717, 1.165) is 99.0 Å². The number of aromatic nitrogens is 1. The minimum absolute atomic E-state index is 0.0167. The highest BCUT2D eigenvalue weighted by Crippen LogP contribution is 2.61. The highest BCUT2D eigenvalue weighted by Gasteiger charge is 2.56. The van der Waals surface area contributed by atoms with Crippen molar-refractivity contribution in [2.45, 2.75) is 108 Å². The number of alkyl halides is 2. The molecular weight excluding hydrogens is 536 g/mol. The molecule has 8 heteroatoms. The van der Waals surface area contributed by atoms with Crippen LogP contribution in [0.25, 0.3) is 0 Å². The molecule has 2 aliphatic heterocycles. The number of pyridine rings is 1. The monoisotopic (exact) mass is 581 g/mol. The average Bonchev–Trinajstić information content (AvgIpc) is 3.40. The molecule has 1 saturated heterocycles. The van der Waals surface area contributed by atoms with Crippen molar-refractivity contribution in [2.24, 2.45) is 5.41 Å². The number of ether oxygens (including phenoxy) is 1. The van der Waals surface area contributed by atoms with Gasteiger partial charge in [0.1, 0.15) is 11.9 Å². The second-order valence-electron chi connectivity index (χ2n) is 13.4. The van der Waals surface area contributed by atoms with Gasteiger partial charge in [-0.15, -0.1) is 0 Å². The second kappa shape index (κ2) is 12.2. The molecule has 1 spiro atoms. The van der Waals surface area contributed by atoms with Crippen LogP contribution in [0.5, 0.6) is 0 Å². The van der Waals surface area contributed by atoms with Gasteiger partial charge in [0.05, 0.1) is 6.10 Å². The predicted molar refractivity (Wildman–Crippen MR) is 159 cm³/mol. The zero-order chi connectivity index (χ0) is 29.3. The molecule has 2 aliphatic carbocycles. The summed E-state index contributed by atoms with van der Waals surface area (Å²) < 4.78 is 33.5. The van der Waals surface area contributed by atoms with Crippen molar-refractivity contribution in [1.29, 1.82) is 0 Å². The first kappa shape index (κ1) is 29.5. The van der Waals surface area contributed by atoms with E-state index in [1.54, 1.807) is 0 Å². The van der Waals surface area contributed by atoms with Crippen LogP contribution in [-0.2, 0) is 22.4 Å². The maximum Gasteiger partial charge on any atom is 0.325 e.